The highest BCUT2D eigenvalue weighted by Crippen LogP contribution is 2.26. The fraction of sp³-hybridized carbons (Fsp3) is 0. The van der Waals surface area contributed by atoms with E-state index in [1.54, 1.807) is 36.4 Å². The Morgan fingerprint density at radius 2 is 2.05 bits per heavy atom. The summed E-state index contributed by atoms with van der Waals surface area (Å²) in [4.78, 5) is 4.11. The Morgan fingerprint density at radius 3 is 2.70 bits per heavy atom. The molecule has 0 fully saturated rings. The number of hydrogen-bond acceptors (Lipinski definition) is 3. The Kier molecular flexibility index (Phi) is 4.08. The summed E-state index contributed by atoms with van der Waals surface area (Å²) < 4.78 is 0. The standard InChI is InChI=1S/C14H11ClN4O/c15-10-3-1-2-4-11(10)18-14(17)19-12-6-5-9(8-16)7-13(12)20/h1-7,20H,(H3,17,18,19). The zero-order valence-corrected chi connectivity index (χ0v) is 11.1. The van der Waals surface area contributed by atoms with Gasteiger partial charge >= 0.3 is 0 Å². The van der Waals surface area contributed by atoms with Crippen LogP contribution in [0, 0.1) is 11.3 Å². The lowest BCUT2D eigenvalue weighted by atomic mass is 10.2. The highest BCUT2D eigenvalue weighted by atomic mass is 35.5. The van der Waals surface area contributed by atoms with Crippen LogP contribution in [0.5, 0.6) is 5.75 Å². The van der Waals surface area contributed by atoms with Crippen molar-refractivity contribution in [2.24, 2.45) is 10.7 Å². The number of para-hydroxylation sites is 1. The number of guanidine groups is 1. The number of phenols is 1. The van der Waals surface area contributed by atoms with E-state index in [9.17, 15) is 5.11 Å². The Hall–Kier alpha value is -2.71. The number of rotatable bonds is 2. The zero-order valence-electron chi connectivity index (χ0n) is 10.3. The Labute approximate surface area is 120 Å². The van der Waals surface area contributed by atoms with Gasteiger partial charge in [0.1, 0.15) is 5.75 Å². The molecule has 5 nitrogen and oxygen atoms in total. The summed E-state index contributed by atoms with van der Waals surface area (Å²) in [6.07, 6.45) is 0. The fourth-order valence-electron chi connectivity index (χ4n) is 1.54. The van der Waals surface area contributed by atoms with E-state index in [1.165, 1.54) is 6.07 Å². The van der Waals surface area contributed by atoms with E-state index >= 15 is 0 Å². The molecule has 0 aliphatic carbocycles. The average molecular weight is 287 g/mol. The second kappa shape index (κ2) is 5.95. The maximum Gasteiger partial charge on any atom is 0.198 e. The van der Waals surface area contributed by atoms with Crippen molar-refractivity contribution < 1.29 is 5.11 Å². The number of aromatic hydroxyl groups is 1. The Balaban J connectivity index is 2.22. The fourth-order valence-corrected chi connectivity index (χ4v) is 1.72. The number of aliphatic imine (C=N–C) groups is 1. The lowest BCUT2D eigenvalue weighted by molar-refractivity contribution is 0.477. The van der Waals surface area contributed by atoms with Crippen LogP contribution in [0.1, 0.15) is 5.56 Å². The maximum atomic E-state index is 9.74. The zero-order chi connectivity index (χ0) is 14.5. The summed E-state index contributed by atoms with van der Waals surface area (Å²) in [6, 6.07) is 13.4. The van der Waals surface area contributed by atoms with Gasteiger partial charge < -0.3 is 16.2 Å². The first kappa shape index (κ1) is 13.7. The lowest BCUT2D eigenvalue weighted by Gasteiger charge is -2.08. The normalized spacial score (nSPS) is 10.9. The molecule has 0 unspecified atom stereocenters. The molecule has 2 rings (SSSR count). The van der Waals surface area contributed by atoms with Gasteiger partial charge in [-0.1, -0.05) is 23.7 Å². The van der Waals surface area contributed by atoms with Crippen LogP contribution >= 0.6 is 11.6 Å². The first-order valence-corrected chi connectivity index (χ1v) is 6.07. The number of nitriles is 1. The number of benzene rings is 2. The molecular formula is C14H11ClN4O. The molecule has 0 spiro atoms. The van der Waals surface area contributed by atoms with Crippen LogP contribution in [0.4, 0.5) is 11.4 Å². The smallest absolute Gasteiger partial charge is 0.198 e. The summed E-state index contributed by atoms with van der Waals surface area (Å²) in [5.74, 6) is -0.000494. The third kappa shape index (κ3) is 3.19. The van der Waals surface area contributed by atoms with Crippen LogP contribution < -0.4 is 11.1 Å². The molecule has 0 aromatic heterocycles. The van der Waals surface area contributed by atoms with Gasteiger partial charge in [0.25, 0.3) is 0 Å². The molecule has 0 heterocycles. The minimum atomic E-state index is -0.0821. The van der Waals surface area contributed by atoms with Crippen molar-refractivity contribution in [3.05, 3.63) is 53.1 Å². The second-order valence-electron chi connectivity index (χ2n) is 3.92. The largest absolute Gasteiger partial charge is 0.506 e. The quantitative estimate of drug-likeness (QED) is 0.449. The van der Waals surface area contributed by atoms with Gasteiger partial charge in [0.2, 0.25) is 0 Å². The topological polar surface area (TPSA) is 94.4 Å². The Morgan fingerprint density at radius 1 is 1.30 bits per heavy atom. The number of hydrogen-bond donors (Lipinski definition) is 3. The predicted octanol–water partition coefficient (Wildman–Crippen LogP) is 2.98. The van der Waals surface area contributed by atoms with Gasteiger partial charge in [-0.15, -0.1) is 0 Å². The monoisotopic (exact) mass is 286 g/mol. The van der Waals surface area contributed by atoms with Gasteiger partial charge in [0.05, 0.1) is 28.0 Å². The number of nitrogens with two attached hydrogens (primary N) is 1. The summed E-state index contributed by atoms with van der Waals surface area (Å²) >= 11 is 5.97. The molecule has 0 saturated carbocycles. The first-order valence-electron chi connectivity index (χ1n) is 5.69. The average Bonchev–Trinajstić information content (AvgIpc) is 2.43. The van der Waals surface area contributed by atoms with Crippen molar-refractivity contribution in [3.8, 4) is 11.8 Å². The first-order chi connectivity index (χ1) is 9.60. The highest BCUT2D eigenvalue weighted by Gasteiger charge is 2.04. The maximum absolute atomic E-state index is 9.74. The molecule has 6 heteroatoms. The van der Waals surface area contributed by atoms with Crippen molar-refractivity contribution in [3.63, 3.8) is 0 Å². The minimum absolute atomic E-state index is 0.0816. The number of phenolic OH excluding ortho intramolecular Hbond substituents is 1. The molecule has 4 N–H and O–H groups in total. The van der Waals surface area contributed by atoms with E-state index in [-0.39, 0.29) is 11.7 Å². The van der Waals surface area contributed by atoms with Crippen LogP contribution in [0.3, 0.4) is 0 Å². The van der Waals surface area contributed by atoms with Crippen LogP contribution in [-0.4, -0.2) is 11.1 Å². The number of anilines is 1. The Bertz CT molecular complexity index is 707. The highest BCUT2D eigenvalue weighted by molar-refractivity contribution is 6.33. The third-order valence-electron chi connectivity index (χ3n) is 2.48. The van der Waals surface area contributed by atoms with Crippen molar-refractivity contribution >= 4 is 28.9 Å². The van der Waals surface area contributed by atoms with Gasteiger partial charge in [0.15, 0.2) is 5.96 Å². The molecule has 0 aliphatic heterocycles. The lowest BCUT2D eigenvalue weighted by Crippen LogP contribution is -2.22. The van der Waals surface area contributed by atoms with E-state index < -0.39 is 0 Å². The third-order valence-corrected chi connectivity index (χ3v) is 2.80. The van der Waals surface area contributed by atoms with Crippen molar-refractivity contribution in [2.75, 3.05) is 5.32 Å². The molecule has 0 saturated heterocycles. The van der Waals surface area contributed by atoms with Crippen LogP contribution in [0.2, 0.25) is 5.02 Å². The van der Waals surface area contributed by atoms with Crippen LogP contribution in [0.25, 0.3) is 0 Å². The molecule has 0 aliphatic rings. The van der Waals surface area contributed by atoms with E-state index in [0.29, 0.717) is 22.0 Å². The van der Waals surface area contributed by atoms with Crippen molar-refractivity contribution in [1.29, 1.82) is 5.26 Å². The molecule has 2 aromatic rings. The molecule has 0 bridgehead atoms. The number of halogens is 1. The molecular weight excluding hydrogens is 276 g/mol. The molecule has 2 aromatic carbocycles. The van der Waals surface area contributed by atoms with Crippen molar-refractivity contribution in [2.45, 2.75) is 0 Å². The molecule has 0 radical (unpaired) electrons. The molecule has 100 valence electrons. The van der Waals surface area contributed by atoms with E-state index in [0.717, 1.165) is 0 Å². The second-order valence-corrected chi connectivity index (χ2v) is 4.32. The summed E-state index contributed by atoms with van der Waals surface area (Å²) in [5.41, 5.74) is 6.99. The molecule has 0 amide bonds. The van der Waals surface area contributed by atoms with E-state index in [4.69, 9.17) is 22.6 Å². The SMILES string of the molecule is N#Cc1ccc(NC(N)=Nc2ccccc2Cl)c(O)c1. The van der Waals surface area contributed by atoms with E-state index in [2.05, 4.69) is 10.3 Å². The minimum Gasteiger partial charge on any atom is -0.506 e. The van der Waals surface area contributed by atoms with Gasteiger partial charge in [-0.25, -0.2) is 4.99 Å². The van der Waals surface area contributed by atoms with Crippen molar-refractivity contribution in [1.82, 2.24) is 0 Å². The number of nitrogens with one attached hydrogen (secondary N) is 1. The van der Waals surface area contributed by atoms with Crippen LogP contribution in [0.15, 0.2) is 47.5 Å². The van der Waals surface area contributed by atoms with Gasteiger partial charge in [-0.2, -0.15) is 5.26 Å². The van der Waals surface area contributed by atoms with Gasteiger partial charge in [0, 0.05) is 0 Å². The van der Waals surface area contributed by atoms with Gasteiger partial charge in [-0.05, 0) is 30.3 Å². The predicted molar refractivity (Wildman–Crippen MR) is 79.2 cm³/mol. The summed E-state index contributed by atoms with van der Waals surface area (Å²) in [7, 11) is 0. The summed E-state index contributed by atoms with van der Waals surface area (Å²) in [5, 5.41) is 21.7. The number of nitrogens with zero attached hydrogens (tertiary/aromatic N) is 2. The van der Waals surface area contributed by atoms with Gasteiger partial charge in [-0.3, -0.25) is 0 Å². The molecule has 0 atom stereocenters. The van der Waals surface area contributed by atoms with E-state index in [1.807, 2.05) is 6.07 Å². The summed E-state index contributed by atoms with van der Waals surface area (Å²) in [6.45, 7) is 0. The molecule has 20 heavy (non-hydrogen) atoms. The van der Waals surface area contributed by atoms with Crippen LogP contribution in [-0.2, 0) is 0 Å².